The van der Waals surface area contributed by atoms with Crippen LogP contribution in [-0.2, 0) is 11.2 Å². The van der Waals surface area contributed by atoms with Crippen LogP contribution in [0.4, 0.5) is 5.69 Å². The van der Waals surface area contributed by atoms with E-state index in [1.165, 1.54) is 0 Å². The third kappa shape index (κ3) is 2.85. The van der Waals surface area contributed by atoms with Gasteiger partial charge in [0.2, 0.25) is 5.91 Å². The molecule has 0 fully saturated rings. The van der Waals surface area contributed by atoms with Gasteiger partial charge in [-0.1, -0.05) is 35.9 Å². The van der Waals surface area contributed by atoms with E-state index in [1.807, 2.05) is 42.5 Å². The highest BCUT2D eigenvalue weighted by atomic mass is 35.5. The first-order chi connectivity index (χ1) is 12.2. The Kier molecular flexibility index (Phi) is 3.90. The molecule has 3 aromatic rings. The molecule has 0 radical (unpaired) electrons. The molecule has 124 valence electrons. The third-order valence-corrected chi connectivity index (χ3v) is 4.59. The van der Waals surface area contributed by atoms with Crippen molar-refractivity contribution in [3.05, 3.63) is 65.3 Å². The number of hydrogen-bond acceptors (Lipinski definition) is 3. The molecule has 1 aliphatic rings. The van der Waals surface area contributed by atoms with Gasteiger partial charge in [0.15, 0.2) is 0 Å². The lowest BCUT2D eigenvalue weighted by Gasteiger charge is -2.10. The fraction of sp³-hybridized carbons (Fsp3) is 0.100. The number of ether oxygens (including phenoxy) is 1. The Balaban J connectivity index is 1.72. The number of nitrogens with one attached hydrogen (secondary N) is 1. The van der Waals surface area contributed by atoms with Crippen molar-refractivity contribution in [3.8, 4) is 28.1 Å². The van der Waals surface area contributed by atoms with E-state index in [0.717, 1.165) is 39.4 Å². The van der Waals surface area contributed by atoms with Gasteiger partial charge in [-0.2, -0.15) is 0 Å². The van der Waals surface area contributed by atoms with Gasteiger partial charge in [-0.3, -0.25) is 9.78 Å². The minimum absolute atomic E-state index is 0.0114. The molecule has 2 aromatic carbocycles. The number of pyridine rings is 1. The molecule has 1 amide bonds. The molecule has 1 N–H and O–H groups in total. The van der Waals surface area contributed by atoms with E-state index in [2.05, 4.69) is 10.3 Å². The fourth-order valence-corrected chi connectivity index (χ4v) is 3.30. The average molecular weight is 351 g/mol. The molecule has 1 aromatic heterocycles. The number of benzene rings is 2. The van der Waals surface area contributed by atoms with E-state index < -0.39 is 0 Å². The number of hydrogen-bond donors (Lipinski definition) is 1. The summed E-state index contributed by atoms with van der Waals surface area (Å²) in [4.78, 5) is 16.1. The zero-order valence-electron chi connectivity index (χ0n) is 13.5. The molecule has 4 rings (SSSR count). The Labute approximate surface area is 150 Å². The summed E-state index contributed by atoms with van der Waals surface area (Å²) in [6.45, 7) is 0. The highest BCUT2D eigenvalue weighted by molar-refractivity contribution is 6.33. The molecular formula is C20H15ClN2O2. The van der Waals surface area contributed by atoms with Gasteiger partial charge in [-0.05, 0) is 29.8 Å². The number of anilines is 1. The largest absolute Gasteiger partial charge is 0.496 e. The van der Waals surface area contributed by atoms with Crippen LogP contribution in [0, 0.1) is 0 Å². The van der Waals surface area contributed by atoms with Crippen molar-refractivity contribution in [2.45, 2.75) is 6.42 Å². The van der Waals surface area contributed by atoms with Crippen molar-refractivity contribution in [3.63, 3.8) is 0 Å². The molecule has 0 bridgehead atoms. The fourth-order valence-electron chi connectivity index (χ4n) is 3.04. The maximum atomic E-state index is 11.5. The zero-order valence-corrected chi connectivity index (χ0v) is 14.3. The number of aromatic nitrogens is 1. The number of carbonyl (C=O) groups is 1. The second-order valence-corrected chi connectivity index (χ2v) is 6.25. The highest BCUT2D eigenvalue weighted by Gasteiger charge is 2.20. The summed E-state index contributed by atoms with van der Waals surface area (Å²) in [7, 11) is 1.65. The van der Waals surface area contributed by atoms with Crippen LogP contribution in [0.2, 0.25) is 5.02 Å². The number of carbonyl (C=O) groups excluding carboxylic acids is 1. The molecule has 0 spiro atoms. The van der Waals surface area contributed by atoms with Crippen LogP contribution >= 0.6 is 11.6 Å². The minimum Gasteiger partial charge on any atom is -0.496 e. The summed E-state index contributed by atoms with van der Waals surface area (Å²) in [5.74, 6) is 0.792. The molecule has 5 heteroatoms. The molecule has 25 heavy (non-hydrogen) atoms. The van der Waals surface area contributed by atoms with E-state index in [4.69, 9.17) is 16.3 Å². The number of nitrogens with zero attached hydrogens (tertiary/aromatic N) is 1. The monoisotopic (exact) mass is 350 g/mol. The normalized spacial score (nSPS) is 12.6. The SMILES string of the molecule is COc1ccccc1-c1ccc(-c2cc3c(cc2Cl)NC(=O)C3)nc1. The van der Waals surface area contributed by atoms with Gasteiger partial charge >= 0.3 is 0 Å². The van der Waals surface area contributed by atoms with Crippen molar-refractivity contribution >= 4 is 23.2 Å². The number of rotatable bonds is 3. The summed E-state index contributed by atoms with van der Waals surface area (Å²) in [6.07, 6.45) is 2.18. The van der Waals surface area contributed by atoms with Crippen molar-refractivity contribution < 1.29 is 9.53 Å². The molecule has 4 nitrogen and oxygen atoms in total. The summed E-state index contributed by atoms with van der Waals surface area (Å²) >= 11 is 6.38. The Morgan fingerprint density at radius 2 is 1.96 bits per heavy atom. The van der Waals surface area contributed by atoms with E-state index in [0.29, 0.717) is 11.4 Å². The molecular weight excluding hydrogens is 336 g/mol. The topological polar surface area (TPSA) is 51.2 Å². The quantitative estimate of drug-likeness (QED) is 0.752. The summed E-state index contributed by atoms with van der Waals surface area (Å²) < 4.78 is 5.41. The second-order valence-electron chi connectivity index (χ2n) is 5.85. The predicted molar refractivity (Wildman–Crippen MR) is 99.0 cm³/mol. The van der Waals surface area contributed by atoms with Crippen LogP contribution in [0.25, 0.3) is 22.4 Å². The van der Waals surface area contributed by atoms with Crippen LogP contribution in [0.5, 0.6) is 5.75 Å². The Bertz CT molecular complexity index is 968. The van der Waals surface area contributed by atoms with Crippen LogP contribution in [0.15, 0.2) is 54.7 Å². The van der Waals surface area contributed by atoms with Gasteiger partial charge < -0.3 is 10.1 Å². The second kappa shape index (κ2) is 6.22. The first-order valence-corrected chi connectivity index (χ1v) is 8.25. The van der Waals surface area contributed by atoms with Crippen molar-refractivity contribution in [1.29, 1.82) is 0 Å². The molecule has 0 atom stereocenters. The Morgan fingerprint density at radius 3 is 2.72 bits per heavy atom. The maximum absolute atomic E-state index is 11.5. The van der Waals surface area contributed by atoms with E-state index in [1.54, 1.807) is 19.4 Å². The summed E-state index contributed by atoms with van der Waals surface area (Å²) in [5, 5.41) is 3.37. The molecule has 0 saturated carbocycles. The Hall–Kier alpha value is -2.85. The Morgan fingerprint density at radius 1 is 1.12 bits per heavy atom. The number of methoxy groups -OCH3 is 1. The molecule has 0 aliphatic carbocycles. The first kappa shape index (κ1) is 15.7. The highest BCUT2D eigenvalue weighted by Crippen LogP contribution is 2.36. The zero-order chi connectivity index (χ0) is 17.4. The standard InChI is InChI=1S/C20H15ClN2O2/c1-25-19-5-3-2-4-14(19)12-6-7-17(22-11-12)15-8-13-9-20(24)23-18(13)10-16(15)21/h2-8,10-11H,9H2,1H3,(H,23,24). The summed E-state index contributed by atoms with van der Waals surface area (Å²) in [6, 6.07) is 15.5. The van der Waals surface area contributed by atoms with Gasteiger partial charge in [0.05, 0.1) is 24.2 Å². The average Bonchev–Trinajstić information content (AvgIpc) is 3.00. The van der Waals surface area contributed by atoms with E-state index >= 15 is 0 Å². The molecule has 0 saturated heterocycles. The first-order valence-electron chi connectivity index (χ1n) is 7.88. The number of amides is 1. The van der Waals surface area contributed by atoms with Crippen molar-refractivity contribution in [1.82, 2.24) is 4.98 Å². The molecule has 0 unspecified atom stereocenters. The minimum atomic E-state index is -0.0114. The van der Waals surface area contributed by atoms with E-state index in [-0.39, 0.29) is 5.91 Å². The van der Waals surface area contributed by atoms with E-state index in [9.17, 15) is 4.79 Å². The third-order valence-electron chi connectivity index (χ3n) is 4.28. The molecule has 1 aliphatic heterocycles. The van der Waals surface area contributed by atoms with Crippen LogP contribution < -0.4 is 10.1 Å². The predicted octanol–water partition coefficient (Wildman–Crippen LogP) is 4.57. The lowest BCUT2D eigenvalue weighted by atomic mass is 10.0. The van der Waals surface area contributed by atoms with Gasteiger partial charge in [0, 0.05) is 28.6 Å². The van der Waals surface area contributed by atoms with Gasteiger partial charge in [0.1, 0.15) is 5.75 Å². The van der Waals surface area contributed by atoms with Gasteiger partial charge in [0.25, 0.3) is 0 Å². The maximum Gasteiger partial charge on any atom is 0.228 e. The van der Waals surface area contributed by atoms with Gasteiger partial charge in [-0.25, -0.2) is 0 Å². The lowest BCUT2D eigenvalue weighted by molar-refractivity contribution is -0.115. The van der Waals surface area contributed by atoms with Crippen LogP contribution in [0.3, 0.4) is 0 Å². The summed E-state index contributed by atoms with van der Waals surface area (Å²) in [5.41, 5.74) is 5.27. The van der Waals surface area contributed by atoms with Crippen molar-refractivity contribution in [2.24, 2.45) is 0 Å². The van der Waals surface area contributed by atoms with Crippen molar-refractivity contribution in [2.75, 3.05) is 12.4 Å². The van der Waals surface area contributed by atoms with Gasteiger partial charge in [-0.15, -0.1) is 0 Å². The lowest BCUT2D eigenvalue weighted by Crippen LogP contribution is -2.03. The number of para-hydroxylation sites is 1. The van der Waals surface area contributed by atoms with Crippen LogP contribution in [-0.4, -0.2) is 18.0 Å². The van der Waals surface area contributed by atoms with Crippen LogP contribution in [0.1, 0.15) is 5.56 Å². The number of halogens is 1. The smallest absolute Gasteiger partial charge is 0.228 e. The molecule has 2 heterocycles. The number of fused-ring (bicyclic) bond motifs is 1.